The Labute approximate surface area is 130 Å². The van der Waals surface area contributed by atoms with Gasteiger partial charge in [0.05, 0.1) is 0 Å². The number of anilines is 1. The first-order chi connectivity index (χ1) is 9.90. The molecule has 0 fully saturated rings. The van der Waals surface area contributed by atoms with Crippen LogP contribution in [-0.4, -0.2) is 24.1 Å². The summed E-state index contributed by atoms with van der Waals surface area (Å²) in [4.78, 5) is 7.11. The molecule has 1 rings (SSSR count). The van der Waals surface area contributed by atoms with Gasteiger partial charge in [-0.05, 0) is 49.7 Å². The van der Waals surface area contributed by atoms with Gasteiger partial charge >= 0.3 is 0 Å². The molecule has 0 saturated carbocycles. The lowest BCUT2D eigenvalue weighted by molar-refractivity contribution is 0.531. The average Bonchev–Trinajstić information content (AvgIpc) is 2.39. The van der Waals surface area contributed by atoms with E-state index in [4.69, 9.17) is 5.73 Å². The first-order valence-corrected chi connectivity index (χ1v) is 8.34. The highest BCUT2D eigenvalue weighted by Crippen LogP contribution is 2.21. The van der Waals surface area contributed by atoms with Crippen molar-refractivity contribution in [2.45, 2.75) is 59.9 Å². The Kier molecular flexibility index (Phi) is 7.73. The highest BCUT2D eigenvalue weighted by molar-refractivity contribution is 5.47. The van der Waals surface area contributed by atoms with E-state index in [0.29, 0.717) is 11.8 Å². The van der Waals surface area contributed by atoms with Gasteiger partial charge in [0.25, 0.3) is 0 Å². The molecule has 0 aliphatic heterocycles. The van der Waals surface area contributed by atoms with Crippen molar-refractivity contribution in [3.8, 4) is 0 Å². The number of rotatable bonds is 9. The monoisotopic (exact) mass is 291 g/mol. The SMILES string of the molecule is CC(C)CCN(CCC(C)C)c1ncccc1CC(C)N. The lowest BCUT2D eigenvalue weighted by Crippen LogP contribution is -2.30. The maximum Gasteiger partial charge on any atom is 0.131 e. The van der Waals surface area contributed by atoms with Crippen molar-refractivity contribution in [1.29, 1.82) is 0 Å². The Morgan fingerprint density at radius 3 is 2.10 bits per heavy atom. The van der Waals surface area contributed by atoms with E-state index in [1.165, 1.54) is 18.4 Å². The second-order valence-corrected chi connectivity index (χ2v) is 7.02. The highest BCUT2D eigenvalue weighted by Gasteiger charge is 2.14. The van der Waals surface area contributed by atoms with Crippen LogP contribution in [0.15, 0.2) is 18.3 Å². The fourth-order valence-electron chi connectivity index (χ4n) is 2.37. The van der Waals surface area contributed by atoms with Gasteiger partial charge in [0.15, 0.2) is 0 Å². The summed E-state index contributed by atoms with van der Waals surface area (Å²) in [6.07, 6.45) is 5.19. The summed E-state index contributed by atoms with van der Waals surface area (Å²) in [6, 6.07) is 4.36. The Morgan fingerprint density at radius 2 is 1.62 bits per heavy atom. The molecule has 1 unspecified atom stereocenters. The van der Waals surface area contributed by atoms with Crippen LogP contribution in [-0.2, 0) is 6.42 Å². The number of nitrogens with two attached hydrogens (primary N) is 1. The molecule has 1 atom stereocenters. The maximum atomic E-state index is 5.99. The molecule has 120 valence electrons. The fraction of sp³-hybridized carbons (Fsp3) is 0.722. The Bertz CT molecular complexity index is 387. The highest BCUT2D eigenvalue weighted by atomic mass is 15.2. The molecule has 0 aliphatic rings. The van der Waals surface area contributed by atoms with Crippen molar-refractivity contribution in [2.24, 2.45) is 17.6 Å². The minimum Gasteiger partial charge on any atom is -0.356 e. The van der Waals surface area contributed by atoms with Gasteiger partial charge in [-0.3, -0.25) is 0 Å². The molecular weight excluding hydrogens is 258 g/mol. The van der Waals surface area contributed by atoms with Crippen LogP contribution >= 0.6 is 0 Å². The van der Waals surface area contributed by atoms with E-state index < -0.39 is 0 Å². The molecule has 0 radical (unpaired) electrons. The molecule has 1 aromatic heterocycles. The van der Waals surface area contributed by atoms with Crippen LogP contribution in [0.4, 0.5) is 5.82 Å². The van der Waals surface area contributed by atoms with Crippen molar-refractivity contribution < 1.29 is 0 Å². The summed E-state index contributed by atoms with van der Waals surface area (Å²) >= 11 is 0. The lowest BCUT2D eigenvalue weighted by atomic mass is 10.1. The number of hydrogen-bond acceptors (Lipinski definition) is 3. The smallest absolute Gasteiger partial charge is 0.131 e. The second kappa shape index (κ2) is 9.04. The van der Waals surface area contributed by atoms with E-state index in [1.807, 2.05) is 12.3 Å². The van der Waals surface area contributed by atoms with Crippen molar-refractivity contribution in [3.63, 3.8) is 0 Å². The van der Waals surface area contributed by atoms with Gasteiger partial charge in [-0.1, -0.05) is 33.8 Å². The van der Waals surface area contributed by atoms with Crippen LogP contribution in [0.1, 0.15) is 53.0 Å². The quantitative estimate of drug-likeness (QED) is 0.751. The predicted octanol–water partition coefficient (Wildman–Crippen LogP) is 3.87. The zero-order valence-electron chi connectivity index (χ0n) is 14.5. The minimum atomic E-state index is 0.171. The lowest BCUT2D eigenvalue weighted by Gasteiger charge is -2.28. The van der Waals surface area contributed by atoms with E-state index in [9.17, 15) is 0 Å². The van der Waals surface area contributed by atoms with Crippen molar-refractivity contribution in [1.82, 2.24) is 4.98 Å². The van der Waals surface area contributed by atoms with Crippen LogP contribution < -0.4 is 10.6 Å². The Balaban J connectivity index is 2.89. The summed E-state index contributed by atoms with van der Waals surface area (Å²) in [6.45, 7) is 13.3. The largest absolute Gasteiger partial charge is 0.356 e. The molecule has 21 heavy (non-hydrogen) atoms. The van der Waals surface area contributed by atoms with Crippen molar-refractivity contribution >= 4 is 5.82 Å². The normalized spacial score (nSPS) is 13.0. The average molecular weight is 291 g/mol. The van der Waals surface area contributed by atoms with E-state index in [0.717, 1.165) is 25.3 Å². The Morgan fingerprint density at radius 1 is 1.05 bits per heavy atom. The van der Waals surface area contributed by atoms with Crippen LogP contribution in [0.25, 0.3) is 0 Å². The van der Waals surface area contributed by atoms with Gasteiger partial charge in [-0.25, -0.2) is 4.98 Å². The summed E-state index contributed by atoms with van der Waals surface area (Å²) < 4.78 is 0. The summed E-state index contributed by atoms with van der Waals surface area (Å²) in [5.41, 5.74) is 7.27. The predicted molar refractivity (Wildman–Crippen MR) is 92.7 cm³/mol. The summed E-state index contributed by atoms with van der Waals surface area (Å²) in [5, 5.41) is 0. The molecule has 2 N–H and O–H groups in total. The molecule has 0 aliphatic carbocycles. The van der Waals surface area contributed by atoms with Gasteiger partial charge in [0.2, 0.25) is 0 Å². The number of nitrogens with zero attached hydrogens (tertiary/aromatic N) is 2. The van der Waals surface area contributed by atoms with Crippen LogP contribution in [0, 0.1) is 11.8 Å². The van der Waals surface area contributed by atoms with E-state index in [1.54, 1.807) is 0 Å². The molecule has 0 spiro atoms. The molecule has 3 heteroatoms. The standard InChI is InChI=1S/C18H33N3/c1-14(2)8-11-21(12-9-15(3)4)18-17(13-16(5)19)7-6-10-20-18/h6-7,10,14-16H,8-9,11-13,19H2,1-5H3. The van der Waals surface area contributed by atoms with Crippen molar-refractivity contribution in [2.75, 3.05) is 18.0 Å². The van der Waals surface area contributed by atoms with Crippen LogP contribution in [0.5, 0.6) is 0 Å². The number of hydrogen-bond donors (Lipinski definition) is 1. The zero-order valence-corrected chi connectivity index (χ0v) is 14.5. The van der Waals surface area contributed by atoms with Crippen LogP contribution in [0.3, 0.4) is 0 Å². The third-order valence-electron chi connectivity index (χ3n) is 3.66. The topological polar surface area (TPSA) is 42.2 Å². The van der Waals surface area contributed by atoms with Gasteiger partial charge < -0.3 is 10.6 Å². The molecule has 3 nitrogen and oxygen atoms in total. The molecule has 0 saturated heterocycles. The molecule has 0 aromatic carbocycles. The third-order valence-corrected chi connectivity index (χ3v) is 3.66. The maximum absolute atomic E-state index is 5.99. The zero-order chi connectivity index (χ0) is 15.8. The Hall–Kier alpha value is -1.09. The molecule has 0 bridgehead atoms. The second-order valence-electron chi connectivity index (χ2n) is 7.02. The van der Waals surface area contributed by atoms with Crippen LogP contribution in [0.2, 0.25) is 0 Å². The number of aromatic nitrogens is 1. The third kappa shape index (κ3) is 6.94. The summed E-state index contributed by atoms with van der Waals surface area (Å²) in [7, 11) is 0. The van der Waals surface area contributed by atoms with Crippen molar-refractivity contribution in [3.05, 3.63) is 23.9 Å². The molecular formula is C18H33N3. The summed E-state index contributed by atoms with van der Waals surface area (Å²) in [5.74, 6) is 2.57. The van der Waals surface area contributed by atoms with Gasteiger partial charge in [-0.15, -0.1) is 0 Å². The van der Waals surface area contributed by atoms with E-state index in [-0.39, 0.29) is 6.04 Å². The van der Waals surface area contributed by atoms with Gasteiger partial charge in [0.1, 0.15) is 5.82 Å². The van der Waals surface area contributed by atoms with E-state index >= 15 is 0 Å². The molecule has 1 aromatic rings. The molecule has 0 amide bonds. The van der Waals surface area contributed by atoms with E-state index in [2.05, 4.69) is 50.6 Å². The molecule has 1 heterocycles. The number of pyridine rings is 1. The first kappa shape index (κ1) is 18.0. The minimum absolute atomic E-state index is 0.171. The van der Waals surface area contributed by atoms with Gasteiger partial charge in [0, 0.05) is 25.3 Å². The van der Waals surface area contributed by atoms with Gasteiger partial charge in [-0.2, -0.15) is 0 Å². The fourth-order valence-corrected chi connectivity index (χ4v) is 2.37. The first-order valence-electron chi connectivity index (χ1n) is 8.34.